The molecule has 4 fully saturated rings. The number of carbonyl (C=O) groups excluding carboxylic acids is 3. The molecule has 1 radical (unpaired) electrons. The maximum Gasteiger partial charge on any atom is 0 e. The standard InChI is InChI=1S/C10H10N2O4.C10H12N2O2.C6H4FNO2.C4H7NO2.C4H8O.3HI.2V/c13-10-7-16-6-5-11(10)8-1-3-9(4-2-8)12(14)15;11-8-1-3-9(4-2-8)12-5-6-14-7-10(12)13;7-5-1-3-6(4-2-5)8(9)10;6-4-3-7-2-1-5-4;1-2-4-5-3-1;;;;;/h1-4H,5-7H2;1-4H,5-7,11H2;1-4H;1-3H2,(H,5,6);1-4H2;3*1H;;/q;;;;;;;;;+2/p-2. The number of nitro groups is 2. The van der Waals surface area contributed by atoms with Gasteiger partial charge >= 0.3 is 49.4 Å². The van der Waals surface area contributed by atoms with Gasteiger partial charge in [0.15, 0.2) is 0 Å². The van der Waals surface area contributed by atoms with Crippen LogP contribution in [0.1, 0.15) is 12.8 Å². The first-order valence-electron chi connectivity index (χ1n) is 16.6. The molecule has 3 aromatic rings. The Bertz CT molecular complexity index is 1620. The van der Waals surface area contributed by atoms with Crippen molar-refractivity contribution in [1.29, 1.82) is 0 Å². The van der Waals surface area contributed by atoms with E-state index >= 15 is 0 Å². The van der Waals surface area contributed by atoms with Crippen LogP contribution >= 0.6 is 63.9 Å². The fourth-order valence-corrected chi connectivity index (χ4v) is 4.54. The van der Waals surface area contributed by atoms with Crippen LogP contribution in [-0.4, -0.2) is 100 Å². The number of benzene rings is 3. The molecule has 312 valence electrons. The minimum absolute atomic E-state index is 0. The second-order valence-corrected chi connectivity index (χ2v) is 22.9. The number of nitrogens with zero attached hydrogens (tertiary/aromatic N) is 4. The fourth-order valence-electron chi connectivity index (χ4n) is 4.54. The molecule has 0 aliphatic carbocycles. The molecule has 0 atom stereocenters. The Hall–Kier alpha value is -2.20. The molecule has 0 bridgehead atoms. The third kappa shape index (κ3) is 23.2. The van der Waals surface area contributed by atoms with Gasteiger partial charge in [0.05, 0.1) is 29.7 Å². The number of nitrogen functional groups attached to an aromatic ring is 1. The van der Waals surface area contributed by atoms with Crippen molar-refractivity contribution in [2.75, 3.05) is 88.0 Å². The molecule has 0 spiro atoms. The van der Waals surface area contributed by atoms with Crippen LogP contribution in [0.25, 0.3) is 0 Å². The number of ether oxygens (including phenoxy) is 4. The summed E-state index contributed by atoms with van der Waals surface area (Å²) >= 11 is 4.74. The number of morpholine rings is 3. The molecule has 4 heterocycles. The van der Waals surface area contributed by atoms with E-state index in [4.69, 9.17) is 24.7 Å². The SMILES string of the molecule is C1CCOC1.I.Nc1ccc(N2CCOCC2=O)cc1.O=C1COCCN1.O=C1COCCN1c1ccc([N+](=O)[O-])cc1.O=[N+]([O-])c1ccc(F)cc1.[I][V][I].[V]. The maximum absolute atomic E-state index is 12.1. The van der Waals surface area contributed by atoms with Crippen LogP contribution in [0.3, 0.4) is 0 Å². The van der Waals surface area contributed by atoms with Crippen molar-refractivity contribution in [2.45, 2.75) is 12.8 Å². The van der Waals surface area contributed by atoms with Crippen LogP contribution in [0.4, 0.5) is 32.8 Å². The van der Waals surface area contributed by atoms with Gasteiger partial charge in [0.1, 0.15) is 25.6 Å². The first-order chi connectivity index (χ1) is 26.5. The zero-order valence-corrected chi connectivity index (χ0v) is 39.9. The van der Waals surface area contributed by atoms with Crippen molar-refractivity contribution in [3.05, 3.63) is 98.8 Å². The average Bonchev–Trinajstić information content (AvgIpc) is 3.78. The largest absolute Gasteiger partial charge is 0 e. The van der Waals surface area contributed by atoms with E-state index in [1.54, 1.807) is 34.1 Å². The van der Waals surface area contributed by atoms with E-state index in [2.05, 4.69) is 45.3 Å². The van der Waals surface area contributed by atoms with E-state index in [1.807, 2.05) is 12.1 Å². The number of nitrogens with two attached hydrogens (primary N) is 1. The number of non-ortho nitro benzene ring substituents is 2. The smallest absolute Gasteiger partial charge is 0 e. The quantitative estimate of drug-likeness (QED) is 0.141. The predicted molar refractivity (Wildman–Crippen MR) is 231 cm³/mol. The zero-order chi connectivity index (χ0) is 40.4. The summed E-state index contributed by atoms with van der Waals surface area (Å²) in [4.78, 5) is 55.8. The van der Waals surface area contributed by atoms with Gasteiger partial charge in [-0.25, -0.2) is 4.39 Å². The average molecular weight is 1210 g/mol. The van der Waals surface area contributed by atoms with Crippen molar-refractivity contribution in [3.63, 3.8) is 0 Å². The topological polar surface area (TPSA) is 219 Å². The summed E-state index contributed by atoms with van der Waals surface area (Å²) in [6.07, 6.45) is 2.56. The Morgan fingerprint density at radius 1 is 0.667 bits per heavy atom. The normalized spacial score (nSPS) is 15.4. The third-order valence-corrected chi connectivity index (χ3v) is 7.22. The van der Waals surface area contributed by atoms with Crippen molar-refractivity contribution in [3.8, 4) is 0 Å². The van der Waals surface area contributed by atoms with Gasteiger partial charge in [-0.3, -0.25) is 34.6 Å². The summed E-state index contributed by atoms with van der Waals surface area (Å²) in [6.45, 7) is 5.98. The molecule has 23 heteroatoms. The minimum Gasteiger partial charge on any atom is 0 e. The van der Waals surface area contributed by atoms with E-state index in [0.29, 0.717) is 60.3 Å². The number of hydrogen-bond acceptors (Lipinski definition) is 12. The molecule has 0 saturated carbocycles. The molecule has 4 saturated heterocycles. The number of nitrogens with one attached hydrogen (secondary N) is 1. The molecule has 3 N–H and O–H groups in total. The molecule has 3 aromatic carbocycles. The fraction of sp³-hybridized carbons (Fsp3) is 0.382. The molecule has 0 aromatic heterocycles. The van der Waals surface area contributed by atoms with E-state index in [9.17, 15) is 39.0 Å². The Balaban J connectivity index is 0.000000700. The van der Waals surface area contributed by atoms with Crippen LogP contribution in [0, 0.1) is 26.0 Å². The van der Waals surface area contributed by atoms with Crippen LogP contribution in [-0.2, 0) is 61.4 Å². The van der Waals surface area contributed by atoms with Gasteiger partial charge in [0.25, 0.3) is 23.2 Å². The van der Waals surface area contributed by atoms with Gasteiger partial charge in [-0.2, -0.15) is 0 Å². The molecule has 0 unspecified atom stereocenters. The summed E-state index contributed by atoms with van der Waals surface area (Å²) in [5.74, 6) is -0.599. The van der Waals surface area contributed by atoms with Gasteiger partial charge < -0.3 is 39.8 Å². The van der Waals surface area contributed by atoms with E-state index in [1.165, 1.54) is 25.0 Å². The Labute approximate surface area is 387 Å². The first-order valence-corrected chi connectivity index (χ1v) is 25.6. The van der Waals surface area contributed by atoms with E-state index in [-0.39, 0.29) is 91.4 Å². The number of hydrogen-bond donors (Lipinski definition) is 2. The number of halogens is 4. The number of nitro benzene ring substituents is 2. The third-order valence-electron chi connectivity index (χ3n) is 7.22. The molecule has 57 heavy (non-hydrogen) atoms. The summed E-state index contributed by atoms with van der Waals surface area (Å²) in [5.41, 5.74) is 7.74. The summed E-state index contributed by atoms with van der Waals surface area (Å²) in [6, 6.07) is 17.5. The number of rotatable bonds is 4. The molecular formula is C34H42FI3N6O11V2. The molecule has 17 nitrogen and oxygen atoms in total. The Morgan fingerprint density at radius 2 is 1.07 bits per heavy atom. The van der Waals surface area contributed by atoms with Crippen molar-refractivity contribution >= 4 is 110 Å². The second-order valence-electron chi connectivity index (χ2n) is 11.1. The maximum atomic E-state index is 12.1. The number of anilines is 3. The van der Waals surface area contributed by atoms with Crippen molar-refractivity contribution in [1.82, 2.24) is 5.32 Å². The van der Waals surface area contributed by atoms with E-state index < -0.39 is 15.7 Å². The summed E-state index contributed by atoms with van der Waals surface area (Å²) in [5, 5.41) is 23.1. The summed E-state index contributed by atoms with van der Waals surface area (Å²) in [7, 11) is 0.628. The first kappa shape index (κ1) is 54.8. The summed E-state index contributed by atoms with van der Waals surface area (Å²) < 4.78 is 31.9. The zero-order valence-electron chi connectivity index (χ0n) is 30.4. The second kappa shape index (κ2) is 32.6. The Kier molecular flexibility index (Phi) is 31.4. The van der Waals surface area contributed by atoms with Gasteiger partial charge in [0, 0.05) is 92.7 Å². The van der Waals surface area contributed by atoms with Crippen LogP contribution < -0.4 is 20.9 Å². The van der Waals surface area contributed by atoms with Gasteiger partial charge in [0.2, 0.25) is 5.91 Å². The van der Waals surface area contributed by atoms with Crippen molar-refractivity contribution in [2.24, 2.45) is 0 Å². The van der Waals surface area contributed by atoms with Crippen LogP contribution in [0.5, 0.6) is 0 Å². The van der Waals surface area contributed by atoms with Gasteiger partial charge in [-0.05, 0) is 61.4 Å². The molecular weight excluding hydrogens is 1170 g/mol. The molecule has 7 rings (SSSR count). The number of amides is 3. The van der Waals surface area contributed by atoms with Crippen LogP contribution in [0.15, 0.2) is 72.8 Å². The van der Waals surface area contributed by atoms with Crippen LogP contribution in [0.2, 0.25) is 0 Å². The molecule has 4 aliphatic rings. The van der Waals surface area contributed by atoms with Gasteiger partial charge in [-0.15, -0.1) is 24.0 Å². The molecule has 3 amide bonds. The minimum atomic E-state index is -0.570. The predicted octanol–water partition coefficient (Wildman–Crippen LogP) is 5.64. The molecule has 4 aliphatic heterocycles. The number of carbonyl (C=O) groups is 3. The van der Waals surface area contributed by atoms with Crippen molar-refractivity contribution < 1.29 is 75.6 Å². The van der Waals surface area contributed by atoms with Gasteiger partial charge in [-0.1, -0.05) is 0 Å². The monoisotopic (exact) mass is 1210 g/mol. The van der Waals surface area contributed by atoms with E-state index in [0.717, 1.165) is 43.2 Å². The Morgan fingerprint density at radius 3 is 1.39 bits per heavy atom.